The second-order valence-electron chi connectivity index (χ2n) is 3.13. The predicted molar refractivity (Wildman–Crippen MR) is 63.6 cm³/mol. The lowest BCUT2D eigenvalue weighted by molar-refractivity contribution is -0.380. The number of aromatic nitrogens is 1. The fraction of sp³-hybridized carbons (Fsp3) is 0.222. The molecule has 0 amide bonds. The molecular formula is C9H9N3O2S2. The summed E-state index contributed by atoms with van der Waals surface area (Å²) in [4.78, 5) is 14.2. The lowest BCUT2D eigenvalue weighted by Crippen LogP contribution is -2.12. The summed E-state index contributed by atoms with van der Waals surface area (Å²) in [7, 11) is 0. The minimum absolute atomic E-state index is 0.186. The van der Waals surface area contributed by atoms with Gasteiger partial charge in [0, 0.05) is 29.9 Å². The Bertz CT molecular complexity index is 467. The zero-order chi connectivity index (χ0) is 11.4. The van der Waals surface area contributed by atoms with E-state index >= 15 is 0 Å². The van der Waals surface area contributed by atoms with Gasteiger partial charge in [-0.2, -0.15) is 0 Å². The molecule has 2 aromatic heterocycles. The topological polar surface area (TPSA) is 68.1 Å². The van der Waals surface area contributed by atoms with Crippen molar-refractivity contribution in [2.24, 2.45) is 0 Å². The molecule has 7 heteroatoms. The van der Waals surface area contributed by atoms with E-state index in [1.54, 1.807) is 28.3 Å². The van der Waals surface area contributed by atoms with Crippen molar-refractivity contribution in [2.75, 3.05) is 0 Å². The third-order valence-corrected chi connectivity index (χ3v) is 3.50. The third kappa shape index (κ3) is 2.84. The smallest absolute Gasteiger partial charge is 0.307 e. The van der Waals surface area contributed by atoms with E-state index in [0.717, 1.165) is 22.6 Å². The average molecular weight is 255 g/mol. The van der Waals surface area contributed by atoms with Crippen LogP contribution in [0.5, 0.6) is 0 Å². The van der Waals surface area contributed by atoms with E-state index in [9.17, 15) is 10.1 Å². The molecule has 0 unspecified atom stereocenters. The Morgan fingerprint density at radius 3 is 2.94 bits per heavy atom. The molecule has 2 aromatic rings. The van der Waals surface area contributed by atoms with Gasteiger partial charge < -0.3 is 5.32 Å². The Morgan fingerprint density at radius 2 is 2.31 bits per heavy atom. The standard InChI is InChI=1S/C9H9N3O2S2/c13-12(14)9-1-7(4-16-9)2-10-3-8-5-15-6-11-8/h1,4-6,10H,2-3H2. The molecule has 0 aliphatic rings. The van der Waals surface area contributed by atoms with Crippen molar-refractivity contribution in [3.05, 3.63) is 43.7 Å². The fourth-order valence-electron chi connectivity index (χ4n) is 1.21. The monoisotopic (exact) mass is 255 g/mol. The number of hydrogen-bond acceptors (Lipinski definition) is 6. The first-order valence-corrected chi connectivity index (χ1v) is 6.37. The molecule has 0 aliphatic carbocycles. The van der Waals surface area contributed by atoms with Gasteiger partial charge in [0.25, 0.3) is 0 Å². The molecule has 16 heavy (non-hydrogen) atoms. The van der Waals surface area contributed by atoms with Gasteiger partial charge in [-0.1, -0.05) is 11.3 Å². The van der Waals surface area contributed by atoms with Crippen molar-refractivity contribution < 1.29 is 4.92 Å². The normalized spacial score (nSPS) is 10.5. The van der Waals surface area contributed by atoms with Gasteiger partial charge in [-0.25, -0.2) is 4.98 Å². The molecule has 2 rings (SSSR count). The van der Waals surface area contributed by atoms with Gasteiger partial charge >= 0.3 is 5.00 Å². The van der Waals surface area contributed by atoms with Crippen LogP contribution in [0, 0.1) is 10.1 Å². The highest BCUT2D eigenvalue weighted by atomic mass is 32.1. The largest absolute Gasteiger partial charge is 0.324 e. The van der Waals surface area contributed by atoms with E-state index < -0.39 is 0 Å². The molecule has 0 atom stereocenters. The summed E-state index contributed by atoms with van der Waals surface area (Å²) < 4.78 is 0. The summed E-state index contributed by atoms with van der Waals surface area (Å²) in [5, 5.41) is 17.6. The van der Waals surface area contributed by atoms with Gasteiger partial charge in [-0.15, -0.1) is 11.3 Å². The first-order valence-electron chi connectivity index (χ1n) is 4.55. The number of rotatable bonds is 5. The number of thiazole rings is 1. The second-order valence-corrected chi connectivity index (χ2v) is 4.74. The van der Waals surface area contributed by atoms with Gasteiger partial charge in [0.05, 0.1) is 16.1 Å². The van der Waals surface area contributed by atoms with Crippen LogP contribution in [0.2, 0.25) is 0 Å². The van der Waals surface area contributed by atoms with Crippen LogP contribution in [0.25, 0.3) is 0 Å². The van der Waals surface area contributed by atoms with Crippen molar-refractivity contribution in [3.8, 4) is 0 Å². The first-order chi connectivity index (χ1) is 7.75. The minimum Gasteiger partial charge on any atom is -0.307 e. The number of hydrogen-bond donors (Lipinski definition) is 1. The Morgan fingerprint density at radius 1 is 1.44 bits per heavy atom. The Labute approximate surface area is 99.9 Å². The zero-order valence-electron chi connectivity index (χ0n) is 8.25. The molecule has 0 spiro atoms. The quantitative estimate of drug-likeness (QED) is 0.658. The van der Waals surface area contributed by atoms with E-state index in [4.69, 9.17) is 0 Å². The van der Waals surface area contributed by atoms with Crippen LogP contribution in [-0.2, 0) is 13.1 Å². The molecule has 0 fully saturated rings. The van der Waals surface area contributed by atoms with Crippen molar-refractivity contribution in [1.82, 2.24) is 10.3 Å². The minimum atomic E-state index is -0.366. The molecule has 0 saturated carbocycles. The van der Waals surface area contributed by atoms with Crippen LogP contribution >= 0.6 is 22.7 Å². The number of nitro groups is 1. The molecule has 5 nitrogen and oxygen atoms in total. The number of nitrogens with zero attached hydrogens (tertiary/aromatic N) is 2. The Balaban J connectivity index is 1.83. The van der Waals surface area contributed by atoms with E-state index in [-0.39, 0.29) is 9.92 Å². The summed E-state index contributed by atoms with van der Waals surface area (Å²) in [5.74, 6) is 0. The van der Waals surface area contributed by atoms with Crippen LogP contribution in [0.15, 0.2) is 22.3 Å². The predicted octanol–water partition coefficient (Wildman–Crippen LogP) is 2.40. The van der Waals surface area contributed by atoms with E-state index in [1.807, 2.05) is 5.38 Å². The van der Waals surface area contributed by atoms with Gasteiger partial charge in [0.1, 0.15) is 0 Å². The highest BCUT2D eigenvalue weighted by Crippen LogP contribution is 2.22. The van der Waals surface area contributed by atoms with Gasteiger partial charge in [-0.05, 0) is 5.56 Å². The van der Waals surface area contributed by atoms with E-state index in [1.165, 1.54) is 0 Å². The zero-order valence-corrected chi connectivity index (χ0v) is 9.88. The number of thiophene rings is 1. The molecule has 2 heterocycles. The molecule has 0 radical (unpaired) electrons. The van der Waals surface area contributed by atoms with Crippen LogP contribution < -0.4 is 5.32 Å². The second kappa shape index (κ2) is 5.15. The van der Waals surface area contributed by atoms with Crippen LogP contribution in [0.1, 0.15) is 11.3 Å². The Kier molecular flexibility index (Phi) is 3.60. The maximum Gasteiger partial charge on any atom is 0.324 e. The van der Waals surface area contributed by atoms with Crippen molar-refractivity contribution >= 4 is 27.7 Å². The summed E-state index contributed by atoms with van der Waals surface area (Å²) in [5.41, 5.74) is 3.72. The van der Waals surface area contributed by atoms with Crippen molar-refractivity contribution in [1.29, 1.82) is 0 Å². The van der Waals surface area contributed by atoms with Gasteiger partial charge in [-0.3, -0.25) is 10.1 Å². The molecular weight excluding hydrogens is 246 g/mol. The summed E-state index contributed by atoms with van der Waals surface area (Å²) in [6, 6.07) is 1.60. The molecule has 0 aliphatic heterocycles. The average Bonchev–Trinajstić information content (AvgIpc) is 2.87. The van der Waals surface area contributed by atoms with E-state index in [0.29, 0.717) is 13.1 Å². The molecule has 1 N–H and O–H groups in total. The van der Waals surface area contributed by atoms with Crippen molar-refractivity contribution in [2.45, 2.75) is 13.1 Å². The van der Waals surface area contributed by atoms with Crippen LogP contribution in [0.3, 0.4) is 0 Å². The molecule has 0 aromatic carbocycles. The van der Waals surface area contributed by atoms with Crippen molar-refractivity contribution in [3.63, 3.8) is 0 Å². The fourth-order valence-corrected chi connectivity index (χ4v) is 2.50. The maximum atomic E-state index is 10.5. The summed E-state index contributed by atoms with van der Waals surface area (Å²) in [6.45, 7) is 1.31. The molecule has 0 bridgehead atoms. The van der Waals surface area contributed by atoms with Crippen LogP contribution in [-0.4, -0.2) is 9.91 Å². The lowest BCUT2D eigenvalue weighted by Gasteiger charge is -1.98. The number of nitrogens with one attached hydrogen (secondary N) is 1. The molecule has 0 saturated heterocycles. The summed E-state index contributed by atoms with van der Waals surface area (Å²) in [6.07, 6.45) is 0. The molecule has 84 valence electrons. The maximum absolute atomic E-state index is 10.5. The highest BCUT2D eigenvalue weighted by Gasteiger charge is 2.08. The highest BCUT2D eigenvalue weighted by molar-refractivity contribution is 7.13. The van der Waals surface area contributed by atoms with E-state index in [2.05, 4.69) is 10.3 Å². The summed E-state index contributed by atoms with van der Waals surface area (Å²) >= 11 is 2.71. The van der Waals surface area contributed by atoms with Gasteiger partial charge in [0.15, 0.2) is 0 Å². The lowest BCUT2D eigenvalue weighted by atomic mass is 10.3. The Hall–Kier alpha value is -1.31. The first kappa shape index (κ1) is 11.2. The van der Waals surface area contributed by atoms with Gasteiger partial charge in [0.2, 0.25) is 0 Å². The van der Waals surface area contributed by atoms with Crippen LogP contribution in [0.4, 0.5) is 5.00 Å². The SMILES string of the molecule is O=[N+]([O-])c1cc(CNCc2cscn2)cs1. The third-order valence-electron chi connectivity index (χ3n) is 1.94.